The number of hydrogen-bond acceptors (Lipinski definition) is 1. The van der Waals surface area contributed by atoms with Crippen LogP contribution in [-0.4, -0.2) is 5.11 Å². The Balaban J connectivity index is 2.44. The van der Waals surface area contributed by atoms with Crippen molar-refractivity contribution in [2.24, 2.45) is 0 Å². The van der Waals surface area contributed by atoms with E-state index in [0.29, 0.717) is 5.39 Å². The van der Waals surface area contributed by atoms with E-state index in [9.17, 15) is 9.50 Å². The standard InChI is InChI=1S/C15H17FO/c1-2-3-8-15(17)13-9-10-14(16)12-7-5-4-6-11(12)13/h4-7,9-10,15,17H,2-3,8H2,1H3. The monoisotopic (exact) mass is 232 g/mol. The fourth-order valence-electron chi connectivity index (χ4n) is 2.13. The van der Waals surface area contributed by atoms with Gasteiger partial charge in [-0.05, 0) is 23.4 Å². The number of aliphatic hydroxyl groups excluding tert-OH is 1. The molecule has 0 heterocycles. The molecule has 0 fully saturated rings. The van der Waals surface area contributed by atoms with Crippen LogP contribution in [0.3, 0.4) is 0 Å². The number of rotatable bonds is 4. The van der Waals surface area contributed by atoms with Crippen LogP contribution in [-0.2, 0) is 0 Å². The van der Waals surface area contributed by atoms with E-state index in [1.54, 1.807) is 12.1 Å². The second-order valence-electron chi connectivity index (χ2n) is 4.34. The highest BCUT2D eigenvalue weighted by molar-refractivity contribution is 5.86. The number of fused-ring (bicyclic) bond motifs is 1. The maximum Gasteiger partial charge on any atom is 0.131 e. The van der Waals surface area contributed by atoms with Gasteiger partial charge >= 0.3 is 0 Å². The molecule has 0 saturated heterocycles. The lowest BCUT2D eigenvalue weighted by Gasteiger charge is -2.13. The topological polar surface area (TPSA) is 20.2 Å². The summed E-state index contributed by atoms with van der Waals surface area (Å²) in [6.45, 7) is 2.09. The number of halogens is 1. The minimum Gasteiger partial charge on any atom is -0.388 e. The maximum atomic E-state index is 13.6. The molecule has 2 aromatic carbocycles. The quantitative estimate of drug-likeness (QED) is 0.837. The van der Waals surface area contributed by atoms with Gasteiger partial charge in [0.05, 0.1) is 6.10 Å². The first-order valence-electron chi connectivity index (χ1n) is 6.09. The van der Waals surface area contributed by atoms with Crippen LogP contribution in [0.5, 0.6) is 0 Å². The third-order valence-corrected chi connectivity index (χ3v) is 3.09. The van der Waals surface area contributed by atoms with Crippen LogP contribution < -0.4 is 0 Å². The van der Waals surface area contributed by atoms with Gasteiger partial charge in [-0.2, -0.15) is 0 Å². The van der Waals surface area contributed by atoms with E-state index < -0.39 is 6.10 Å². The third-order valence-electron chi connectivity index (χ3n) is 3.09. The first-order valence-corrected chi connectivity index (χ1v) is 6.09. The lowest BCUT2D eigenvalue weighted by atomic mass is 9.97. The Labute approximate surface area is 101 Å². The van der Waals surface area contributed by atoms with E-state index in [2.05, 4.69) is 6.92 Å². The highest BCUT2D eigenvalue weighted by atomic mass is 19.1. The summed E-state index contributed by atoms with van der Waals surface area (Å²) >= 11 is 0. The molecule has 2 heteroatoms. The number of unbranched alkanes of at least 4 members (excludes halogenated alkanes) is 1. The molecule has 0 aliphatic carbocycles. The predicted octanol–water partition coefficient (Wildman–Crippen LogP) is 4.20. The molecule has 0 aliphatic heterocycles. The summed E-state index contributed by atoms with van der Waals surface area (Å²) in [5.74, 6) is -0.230. The molecular formula is C15H17FO. The van der Waals surface area contributed by atoms with Crippen LogP contribution in [0.15, 0.2) is 36.4 Å². The van der Waals surface area contributed by atoms with Gasteiger partial charge in [0.2, 0.25) is 0 Å². The van der Waals surface area contributed by atoms with Gasteiger partial charge in [-0.25, -0.2) is 4.39 Å². The van der Waals surface area contributed by atoms with Gasteiger partial charge < -0.3 is 5.11 Å². The average Bonchev–Trinajstić information content (AvgIpc) is 2.37. The first kappa shape index (κ1) is 12.1. The lowest BCUT2D eigenvalue weighted by Crippen LogP contribution is -1.99. The first-order chi connectivity index (χ1) is 8.24. The SMILES string of the molecule is CCCCC(O)c1ccc(F)c2ccccc12. The Morgan fingerprint density at radius 1 is 1.12 bits per heavy atom. The minimum absolute atomic E-state index is 0.230. The molecule has 0 bridgehead atoms. The number of benzene rings is 2. The Hall–Kier alpha value is -1.41. The highest BCUT2D eigenvalue weighted by Gasteiger charge is 2.12. The van der Waals surface area contributed by atoms with Gasteiger partial charge in [0.25, 0.3) is 0 Å². The van der Waals surface area contributed by atoms with Crippen LogP contribution in [0.4, 0.5) is 4.39 Å². The minimum atomic E-state index is -0.500. The van der Waals surface area contributed by atoms with E-state index in [1.807, 2.05) is 18.2 Å². The zero-order valence-corrected chi connectivity index (χ0v) is 9.99. The Morgan fingerprint density at radius 2 is 1.82 bits per heavy atom. The molecule has 0 aromatic heterocycles. The molecule has 1 atom stereocenters. The largest absolute Gasteiger partial charge is 0.388 e. The fourth-order valence-corrected chi connectivity index (χ4v) is 2.13. The van der Waals surface area contributed by atoms with Crippen molar-refractivity contribution in [2.75, 3.05) is 0 Å². The van der Waals surface area contributed by atoms with E-state index in [0.717, 1.165) is 30.2 Å². The van der Waals surface area contributed by atoms with E-state index in [1.165, 1.54) is 6.07 Å². The van der Waals surface area contributed by atoms with Gasteiger partial charge in [-0.1, -0.05) is 50.1 Å². The van der Waals surface area contributed by atoms with Gasteiger partial charge in [0.1, 0.15) is 5.82 Å². The Bertz CT molecular complexity index is 507. The zero-order chi connectivity index (χ0) is 12.3. The van der Waals surface area contributed by atoms with Gasteiger partial charge in [0.15, 0.2) is 0 Å². The van der Waals surface area contributed by atoms with Crippen molar-refractivity contribution in [3.05, 3.63) is 47.8 Å². The second-order valence-corrected chi connectivity index (χ2v) is 4.34. The molecule has 17 heavy (non-hydrogen) atoms. The summed E-state index contributed by atoms with van der Waals surface area (Å²) in [6.07, 6.45) is 2.26. The second kappa shape index (κ2) is 5.28. The molecule has 0 amide bonds. The summed E-state index contributed by atoms with van der Waals surface area (Å²) in [6, 6.07) is 10.4. The van der Waals surface area contributed by atoms with Gasteiger partial charge in [-0.3, -0.25) is 0 Å². The molecule has 0 spiro atoms. The van der Waals surface area contributed by atoms with E-state index in [4.69, 9.17) is 0 Å². The molecule has 90 valence electrons. The lowest BCUT2D eigenvalue weighted by molar-refractivity contribution is 0.165. The van der Waals surface area contributed by atoms with Crippen LogP contribution in [0, 0.1) is 5.82 Å². The Morgan fingerprint density at radius 3 is 2.53 bits per heavy atom. The number of hydrogen-bond donors (Lipinski definition) is 1. The van der Waals surface area contributed by atoms with Crippen molar-refractivity contribution in [3.63, 3.8) is 0 Å². The van der Waals surface area contributed by atoms with Crippen molar-refractivity contribution in [1.82, 2.24) is 0 Å². The van der Waals surface area contributed by atoms with Gasteiger partial charge in [0, 0.05) is 5.39 Å². The summed E-state index contributed by atoms with van der Waals surface area (Å²) in [5, 5.41) is 11.5. The molecule has 1 unspecified atom stereocenters. The predicted molar refractivity (Wildman–Crippen MR) is 68.4 cm³/mol. The van der Waals surface area contributed by atoms with Crippen LogP contribution in [0.2, 0.25) is 0 Å². The average molecular weight is 232 g/mol. The molecular weight excluding hydrogens is 215 g/mol. The third kappa shape index (κ3) is 2.47. The van der Waals surface area contributed by atoms with E-state index >= 15 is 0 Å². The van der Waals surface area contributed by atoms with Crippen molar-refractivity contribution in [3.8, 4) is 0 Å². The zero-order valence-electron chi connectivity index (χ0n) is 9.99. The molecule has 0 saturated carbocycles. The van der Waals surface area contributed by atoms with Crippen LogP contribution in [0.1, 0.15) is 37.9 Å². The molecule has 1 N–H and O–H groups in total. The van der Waals surface area contributed by atoms with E-state index in [-0.39, 0.29) is 5.82 Å². The molecule has 1 nitrogen and oxygen atoms in total. The number of aliphatic hydroxyl groups is 1. The van der Waals surface area contributed by atoms with Crippen molar-refractivity contribution >= 4 is 10.8 Å². The molecule has 0 aliphatic rings. The smallest absolute Gasteiger partial charge is 0.131 e. The van der Waals surface area contributed by atoms with Crippen molar-refractivity contribution < 1.29 is 9.50 Å². The van der Waals surface area contributed by atoms with Gasteiger partial charge in [-0.15, -0.1) is 0 Å². The molecule has 2 aromatic rings. The highest BCUT2D eigenvalue weighted by Crippen LogP contribution is 2.28. The summed E-state index contributed by atoms with van der Waals surface area (Å²) in [4.78, 5) is 0. The maximum absolute atomic E-state index is 13.6. The van der Waals surface area contributed by atoms with Crippen molar-refractivity contribution in [2.45, 2.75) is 32.3 Å². The molecule has 2 rings (SSSR count). The normalized spacial score (nSPS) is 12.9. The van der Waals surface area contributed by atoms with Crippen LogP contribution in [0.25, 0.3) is 10.8 Å². The molecule has 0 radical (unpaired) electrons. The summed E-state index contributed by atoms with van der Waals surface area (Å²) in [5.41, 5.74) is 0.829. The fraction of sp³-hybridized carbons (Fsp3) is 0.333. The Kier molecular flexibility index (Phi) is 3.75. The summed E-state index contributed by atoms with van der Waals surface area (Å²) in [7, 11) is 0. The van der Waals surface area contributed by atoms with Crippen molar-refractivity contribution in [1.29, 1.82) is 0 Å². The summed E-state index contributed by atoms with van der Waals surface area (Å²) < 4.78 is 13.6. The van der Waals surface area contributed by atoms with Crippen LogP contribution >= 0.6 is 0 Å².